The summed E-state index contributed by atoms with van der Waals surface area (Å²) in [6.45, 7) is 7.65. The van der Waals surface area contributed by atoms with Gasteiger partial charge in [0, 0.05) is 69.7 Å². The first kappa shape index (κ1) is 30.9. The van der Waals surface area contributed by atoms with Crippen LogP contribution in [0.5, 0.6) is 0 Å². The summed E-state index contributed by atoms with van der Waals surface area (Å²) in [6, 6.07) is 31.6. The molecule has 11 heteroatoms. The Morgan fingerprint density at radius 3 is 2.17 bits per heavy atom. The van der Waals surface area contributed by atoms with Crippen LogP contribution in [0.3, 0.4) is 0 Å². The van der Waals surface area contributed by atoms with E-state index >= 15 is 0 Å². The van der Waals surface area contributed by atoms with Crippen LogP contribution in [0.4, 0.5) is 17.1 Å². The smallest absolute Gasteiger partial charge is 0.269 e. The number of nitrogens with one attached hydrogen (secondary N) is 1. The van der Waals surface area contributed by atoms with Gasteiger partial charge in [0.25, 0.3) is 5.69 Å². The van der Waals surface area contributed by atoms with E-state index in [4.69, 9.17) is 21.9 Å². The number of ether oxygens (including phenoxy) is 1. The van der Waals surface area contributed by atoms with Crippen molar-refractivity contribution >= 4 is 46.2 Å². The van der Waals surface area contributed by atoms with Crippen molar-refractivity contribution in [2.75, 3.05) is 36.1 Å². The number of rotatable bonds is 8. The van der Waals surface area contributed by atoms with Crippen molar-refractivity contribution in [2.45, 2.75) is 35.7 Å². The van der Waals surface area contributed by atoms with Crippen LogP contribution < -0.4 is 15.1 Å². The van der Waals surface area contributed by atoms with Crippen molar-refractivity contribution in [3.8, 4) is 5.69 Å². The molecule has 3 aromatic carbocycles. The minimum atomic E-state index is -0.384. The van der Waals surface area contributed by atoms with Gasteiger partial charge in [0.05, 0.1) is 35.9 Å². The number of nitro benzene ring substituents is 1. The molecule has 2 atom stereocenters. The van der Waals surface area contributed by atoms with Gasteiger partial charge in [0.2, 0.25) is 0 Å². The molecular formula is C36H34N6O3S2. The average molecular weight is 663 g/mol. The zero-order valence-corrected chi connectivity index (χ0v) is 27.7. The quantitative estimate of drug-likeness (QED) is 0.103. The van der Waals surface area contributed by atoms with E-state index in [1.165, 1.54) is 23.4 Å². The number of nitrogens with zero attached hydrogens (tertiary/aromatic N) is 5. The third-order valence-corrected chi connectivity index (χ3v) is 10.1. The molecule has 0 amide bonds. The third kappa shape index (κ3) is 6.21. The number of aromatic nitrogens is 2. The van der Waals surface area contributed by atoms with Crippen molar-refractivity contribution in [3.63, 3.8) is 0 Å². The Kier molecular flexibility index (Phi) is 8.68. The molecule has 0 spiro atoms. The van der Waals surface area contributed by atoms with Crippen LogP contribution in [0.1, 0.15) is 34.7 Å². The number of non-ortho nitro benzene ring substituents is 1. The summed E-state index contributed by atoms with van der Waals surface area (Å²) in [5.74, 6) is 0. The first-order valence-electron chi connectivity index (χ1n) is 15.5. The number of aryl methyl sites for hydroxylation is 1. The molecule has 238 valence electrons. The predicted octanol–water partition coefficient (Wildman–Crippen LogP) is 7.56. The fraction of sp³-hybridized carbons (Fsp3) is 0.222. The van der Waals surface area contributed by atoms with Crippen LogP contribution in [0, 0.1) is 24.0 Å². The first-order valence-corrected chi connectivity index (χ1v) is 16.7. The van der Waals surface area contributed by atoms with Gasteiger partial charge in [-0.15, -0.1) is 0 Å². The van der Waals surface area contributed by atoms with E-state index in [0.717, 1.165) is 64.6 Å². The molecule has 1 N–H and O–H groups in total. The maximum absolute atomic E-state index is 11.1. The molecule has 9 nitrogen and oxygen atoms in total. The molecule has 2 aliphatic heterocycles. The number of nitro groups is 1. The van der Waals surface area contributed by atoms with E-state index in [0.29, 0.717) is 5.11 Å². The highest BCUT2D eigenvalue weighted by molar-refractivity contribution is 7.99. The van der Waals surface area contributed by atoms with Crippen molar-refractivity contribution in [1.82, 2.24) is 14.9 Å². The Bertz CT molecular complexity index is 1890. The fourth-order valence-electron chi connectivity index (χ4n) is 6.51. The first-order chi connectivity index (χ1) is 22.9. The Morgan fingerprint density at radius 2 is 1.53 bits per heavy atom. The normalized spacial score (nSPS) is 18.0. The van der Waals surface area contributed by atoms with Crippen molar-refractivity contribution < 1.29 is 9.66 Å². The minimum absolute atomic E-state index is 0.0811. The molecule has 0 saturated carbocycles. The standard InChI is InChI=1S/C36H34N6O3S2/c1-24-23-32(25(2)40(24)27-8-6-26(7-9-27)39-19-21-45-22-20-39)35-34(33-5-3-4-18-37-33)38-36(46)41(35)28-10-14-30(15-11-28)47-31-16-12-29(13-17-31)42(43)44/h3-18,23,34-35H,19-22H2,1-2H3,(H,38,46)/t34-,35-/m1/s1. The SMILES string of the molecule is Cc1cc([C@@H]2[C@@H](c3ccccn3)NC(=S)N2c2ccc(Sc3ccc([N+](=O)[O-])cc3)cc2)c(C)n1-c1ccc(N2CCOCC2)cc1. The highest BCUT2D eigenvalue weighted by Gasteiger charge is 2.42. The topological polar surface area (TPSA) is 88.7 Å². The van der Waals surface area contributed by atoms with Gasteiger partial charge in [-0.2, -0.15) is 0 Å². The molecule has 2 aliphatic rings. The minimum Gasteiger partial charge on any atom is -0.378 e. The van der Waals surface area contributed by atoms with Crippen LogP contribution in [-0.4, -0.2) is 45.9 Å². The maximum atomic E-state index is 11.1. The van der Waals surface area contributed by atoms with Gasteiger partial charge in [-0.1, -0.05) is 17.8 Å². The van der Waals surface area contributed by atoms with Crippen LogP contribution >= 0.6 is 24.0 Å². The van der Waals surface area contributed by atoms with Crippen LogP contribution in [-0.2, 0) is 4.74 Å². The molecule has 0 unspecified atom stereocenters. The Labute approximate surface area is 283 Å². The van der Waals surface area contributed by atoms with Crippen LogP contribution in [0.25, 0.3) is 5.69 Å². The molecule has 7 rings (SSSR count). The summed E-state index contributed by atoms with van der Waals surface area (Å²) >= 11 is 7.56. The Balaban J connectivity index is 1.21. The van der Waals surface area contributed by atoms with Gasteiger partial charge in [-0.25, -0.2) is 0 Å². The lowest BCUT2D eigenvalue weighted by Crippen LogP contribution is -2.36. The summed E-state index contributed by atoms with van der Waals surface area (Å²) < 4.78 is 7.85. The Morgan fingerprint density at radius 1 is 0.894 bits per heavy atom. The number of thiocarbonyl (C=S) groups is 1. The van der Waals surface area contributed by atoms with Crippen LogP contribution in [0.2, 0.25) is 0 Å². The summed E-state index contributed by atoms with van der Waals surface area (Å²) in [4.78, 5) is 21.9. The van der Waals surface area contributed by atoms with Crippen molar-refractivity contribution in [2.24, 2.45) is 0 Å². The second-order valence-corrected chi connectivity index (χ2v) is 13.2. The lowest BCUT2D eigenvalue weighted by atomic mass is 9.96. The largest absolute Gasteiger partial charge is 0.378 e. The monoisotopic (exact) mass is 662 g/mol. The van der Waals surface area contributed by atoms with Crippen LogP contribution in [0.15, 0.2) is 113 Å². The van der Waals surface area contributed by atoms with E-state index in [2.05, 4.69) is 88.1 Å². The van der Waals surface area contributed by atoms with Gasteiger partial charge in [-0.05, 0) is 110 Å². The number of hydrogen-bond donors (Lipinski definition) is 1. The van der Waals surface area contributed by atoms with Gasteiger partial charge >= 0.3 is 0 Å². The lowest BCUT2D eigenvalue weighted by Gasteiger charge is -2.29. The molecule has 4 heterocycles. The second kappa shape index (κ2) is 13.2. The average Bonchev–Trinajstić information content (AvgIpc) is 3.60. The third-order valence-electron chi connectivity index (χ3n) is 8.77. The van der Waals surface area contributed by atoms with E-state index in [1.54, 1.807) is 23.9 Å². The summed E-state index contributed by atoms with van der Waals surface area (Å²) in [6.07, 6.45) is 1.82. The van der Waals surface area contributed by atoms with Gasteiger partial charge in [0.15, 0.2) is 5.11 Å². The highest BCUT2D eigenvalue weighted by atomic mass is 32.2. The Hall–Kier alpha value is -4.71. The van der Waals surface area contributed by atoms with E-state index in [1.807, 2.05) is 24.4 Å². The van der Waals surface area contributed by atoms with Gasteiger partial charge < -0.3 is 24.4 Å². The zero-order valence-electron chi connectivity index (χ0n) is 26.1. The van der Waals surface area contributed by atoms with Gasteiger partial charge in [-0.3, -0.25) is 15.1 Å². The maximum Gasteiger partial charge on any atom is 0.269 e. The fourth-order valence-corrected chi connectivity index (χ4v) is 7.68. The molecule has 0 bridgehead atoms. The van der Waals surface area contributed by atoms with E-state index in [-0.39, 0.29) is 22.7 Å². The number of morpholine rings is 1. The molecule has 0 radical (unpaired) electrons. The summed E-state index contributed by atoms with van der Waals surface area (Å²) in [7, 11) is 0. The number of hydrogen-bond acceptors (Lipinski definition) is 7. The highest BCUT2D eigenvalue weighted by Crippen LogP contribution is 2.44. The zero-order chi connectivity index (χ0) is 32.5. The molecule has 47 heavy (non-hydrogen) atoms. The summed E-state index contributed by atoms with van der Waals surface area (Å²) in [5.41, 5.74) is 7.76. The van der Waals surface area contributed by atoms with Crippen molar-refractivity contribution in [3.05, 3.63) is 136 Å². The molecule has 0 aliphatic carbocycles. The molecule has 2 saturated heterocycles. The predicted molar refractivity (Wildman–Crippen MR) is 190 cm³/mol. The van der Waals surface area contributed by atoms with Gasteiger partial charge in [0.1, 0.15) is 0 Å². The number of pyridine rings is 1. The van der Waals surface area contributed by atoms with E-state index < -0.39 is 0 Å². The second-order valence-electron chi connectivity index (χ2n) is 11.6. The number of benzene rings is 3. The molecule has 2 aromatic heterocycles. The molecule has 2 fully saturated rings. The number of anilines is 2. The molecule has 5 aromatic rings. The molecular weight excluding hydrogens is 629 g/mol. The van der Waals surface area contributed by atoms with E-state index in [9.17, 15) is 10.1 Å². The van der Waals surface area contributed by atoms with Crippen molar-refractivity contribution in [1.29, 1.82) is 0 Å². The summed E-state index contributed by atoms with van der Waals surface area (Å²) in [5, 5.41) is 15.3. The lowest BCUT2D eigenvalue weighted by molar-refractivity contribution is -0.384.